The molecule has 0 amide bonds. The van der Waals surface area contributed by atoms with E-state index >= 15 is 0 Å². The number of anilines is 1. The lowest BCUT2D eigenvalue weighted by Crippen LogP contribution is -1.97. The predicted octanol–water partition coefficient (Wildman–Crippen LogP) is 3.99. The Labute approximate surface area is 130 Å². The molecule has 3 rings (SSSR count). The second-order valence-electron chi connectivity index (χ2n) is 5.51. The third-order valence-electron chi connectivity index (χ3n) is 3.82. The number of benzene rings is 1. The van der Waals surface area contributed by atoms with Crippen molar-refractivity contribution < 1.29 is 4.74 Å². The highest BCUT2D eigenvalue weighted by atomic mass is 16.5. The van der Waals surface area contributed by atoms with Crippen molar-refractivity contribution in [3.63, 3.8) is 0 Å². The van der Waals surface area contributed by atoms with Crippen LogP contribution in [0, 0.1) is 13.8 Å². The number of imidazole rings is 1. The van der Waals surface area contributed by atoms with Gasteiger partial charge in [-0.1, -0.05) is 6.92 Å². The average molecular weight is 295 g/mol. The van der Waals surface area contributed by atoms with Crippen molar-refractivity contribution >= 4 is 11.3 Å². The van der Waals surface area contributed by atoms with Crippen LogP contribution >= 0.6 is 0 Å². The molecule has 0 spiro atoms. The van der Waals surface area contributed by atoms with Crippen LogP contribution in [0.3, 0.4) is 0 Å². The third-order valence-corrected chi connectivity index (χ3v) is 3.82. The van der Waals surface area contributed by atoms with Gasteiger partial charge in [0, 0.05) is 17.0 Å². The fourth-order valence-electron chi connectivity index (χ4n) is 2.69. The van der Waals surface area contributed by atoms with Crippen LogP contribution in [0.25, 0.3) is 16.9 Å². The van der Waals surface area contributed by atoms with Gasteiger partial charge in [-0.05, 0) is 56.7 Å². The molecule has 0 bridgehead atoms. The highest BCUT2D eigenvalue weighted by molar-refractivity contribution is 5.74. The van der Waals surface area contributed by atoms with E-state index in [9.17, 15) is 0 Å². The van der Waals surface area contributed by atoms with Crippen LogP contribution in [-0.4, -0.2) is 16.0 Å². The molecule has 0 aliphatic heterocycles. The number of ether oxygens (including phenoxy) is 1. The molecule has 4 heteroatoms. The Kier molecular flexibility index (Phi) is 3.75. The van der Waals surface area contributed by atoms with Crippen LogP contribution in [0.5, 0.6) is 5.75 Å². The number of rotatable bonds is 4. The number of aromatic nitrogens is 2. The Balaban J connectivity index is 2.05. The molecule has 4 nitrogen and oxygen atoms in total. The minimum atomic E-state index is 0.697. The Morgan fingerprint density at radius 3 is 2.45 bits per heavy atom. The van der Waals surface area contributed by atoms with Gasteiger partial charge in [0.1, 0.15) is 5.75 Å². The van der Waals surface area contributed by atoms with Crippen LogP contribution < -0.4 is 10.5 Å². The van der Waals surface area contributed by atoms with Crippen LogP contribution in [-0.2, 0) is 0 Å². The summed E-state index contributed by atoms with van der Waals surface area (Å²) in [5.74, 6) is 0.891. The molecule has 3 aromatic rings. The number of hydrogen-bond acceptors (Lipinski definition) is 3. The Hall–Kier alpha value is -2.49. The molecule has 2 heterocycles. The van der Waals surface area contributed by atoms with Crippen molar-refractivity contribution in [2.24, 2.45) is 0 Å². The molecule has 0 saturated heterocycles. The lowest BCUT2D eigenvalue weighted by atomic mass is 10.1. The minimum Gasteiger partial charge on any atom is -0.494 e. The molecule has 0 unspecified atom stereocenters. The van der Waals surface area contributed by atoms with E-state index in [2.05, 4.69) is 25.2 Å². The highest BCUT2D eigenvalue weighted by Crippen LogP contribution is 2.28. The molecule has 0 saturated carbocycles. The van der Waals surface area contributed by atoms with Crippen LogP contribution in [0.1, 0.15) is 24.7 Å². The van der Waals surface area contributed by atoms with E-state index < -0.39 is 0 Å². The lowest BCUT2D eigenvalue weighted by Gasteiger charge is -2.06. The quantitative estimate of drug-likeness (QED) is 0.792. The standard InChI is InChI=1S/C18H21N3O/c1-4-11-22-15-8-6-14(7-9-15)17-13(3)21-12(2)5-10-16(19)18(21)20-17/h5-10H,4,11,19H2,1-3H3. The fourth-order valence-corrected chi connectivity index (χ4v) is 2.69. The van der Waals surface area contributed by atoms with Gasteiger partial charge in [0.25, 0.3) is 0 Å². The van der Waals surface area contributed by atoms with Crippen molar-refractivity contribution in [2.45, 2.75) is 27.2 Å². The maximum Gasteiger partial charge on any atom is 0.161 e. The first-order chi connectivity index (χ1) is 10.6. The van der Waals surface area contributed by atoms with Crippen molar-refractivity contribution in [1.29, 1.82) is 0 Å². The zero-order valence-corrected chi connectivity index (χ0v) is 13.3. The van der Waals surface area contributed by atoms with Crippen LogP contribution in [0.4, 0.5) is 5.69 Å². The summed E-state index contributed by atoms with van der Waals surface area (Å²) in [7, 11) is 0. The van der Waals surface area contributed by atoms with E-state index in [1.165, 1.54) is 0 Å². The minimum absolute atomic E-state index is 0.697. The van der Waals surface area contributed by atoms with E-state index in [0.29, 0.717) is 5.69 Å². The molecule has 22 heavy (non-hydrogen) atoms. The van der Waals surface area contributed by atoms with Gasteiger partial charge in [-0.15, -0.1) is 0 Å². The first-order valence-corrected chi connectivity index (χ1v) is 7.59. The Bertz CT molecular complexity index is 803. The van der Waals surface area contributed by atoms with Crippen molar-refractivity contribution in [1.82, 2.24) is 9.38 Å². The molecule has 1 aromatic carbocycles. The van der Waals surface area contributed by atoms with Gasteiger partial charge in [-0.3, -0.25) is 4.40 Å². The van der Waals surface area contributed by atoms with Gasteiger partial charge in [0.05, 0.1) is 18.0 Å². The zero-order chi connectivity index (χ0) is 15.7. The normalized spacial score (nSPS) is 11.0. The predicted molar refractivity (Wildman–Crippen MR) is 90.3 cm³/mol. The summed E-state index contributed by atoms with van der Waals surface area (Å²) in [5.41, 5.74) is 11.8. The molecule has 0 aliphatic rings. The van der Waals surface area contributed by atoms with Gasteiger partial charge in [-0.25, -0.2) is 4.98 Å². The van der Waals surface area contributed by atoms with E-state index in [-0.39, 0.29) is 0 Å². The van der Waals surface area contributed by atoms with Crippen molar-refractivity contribution in [3.05, 3.63) is 47.8 Å². The highest BCUT2D eigenvalue weighted by Gasteiger charge is 2.13. The molecule has 0 radical (unpaired) electrons. The molecule has 0 aliphatic carbocycles. The van der Waals surface area contributed by atoms with E-state index in [4.69, 9.17) is 15.5 Å². The second kappa shape index (κ2) is 5.72. The van der Waals surface area contributed by atoms with Gasteiger partial charge >= 0.3 is 0 Å². The van der Waals surface area contributed by atoms with Crippen LogP contribution in [0.15, 0.2) is 36.4 Å². The molecular formula is C18H21N3O. The number of nitrogens with two attached hydrogens (primary N) is 1. The summed E-state index contributed by atoms with van der Waals surface area (Å²) < 4.78 is 7.73. The third kappa shape index (κ3) is 2.41. The van der Waals surface area contributed by atoms with Gasteiger partial charge in [-0.2, -0.15) is 0 Å². The Morgan fingerprint density at radius 1 is 1.09 bits per heavy atom. The maximum atomic E-state index is 6.06. The summed E-state index contributed by atoms with van der Waals surface area (Å²) >= 11 is 0. The molecular weight excluding hydrogens is 274 g/mol. The van der Waals surface area contributed by atoms with Crippen molar-refractivity contribution in [3.8, 4) is 17.0 Å². The summed E-state index contributed by atoms with van der Waals surface area (Å²) in [6.07, 6.45) is 1.01. The summed E-state index contributed by atoms with van der Waals surface area (Å²) in [5, 5.41) is 0. The molecule has 0 fully saturated rings. The monoisotopic (exact) mass is 295 g/mol. The van der Waals surface area contributed by atoms with Gasteiger partial charge in [0.2, 0.25) is 0 Å². The number of nitrogens with zero attached hydrogens (tertiary/aromatic N) is 2. The molecule has 2 aromatic heterocycles. The molecule has 0 atom stereocenters. The number of hydrogen-bond donors (Lipinski definition) is 1. The largest absolute Gasteiger partial charge is 0.494 e. The maximum absolute atomic E-state index is 6.06. The zero-order valence-electron chi connectivity index (χ0n) is 13.3. The van der Waals surface area contributed by atoms with E-state index in [1.54, 1.807) is 0 Å². The SMILES string of the molecule is CCCOc1ccc(-c2nc3c(N)ccc(C)n3c2C)cc1. The first kappa shape index (κ1) is 14.4. The molecule has 2 N–H and O–H groups in total. The molecule has 114 valence electrons. The Morgan fingerprint density at radius 2 is 1.82 bits per heavy atom. The van der Waals surface area contributed by atoms with Crippen LogP contribution in [0.2, 0.25) is 0 Å². The number of aryl methyl sites for hydroxylation is 2. The first-order valence-electron chi connectivity index (χ1n) is 7.59. The summed E-state index contributed by atoms with van der Waals surface area (Å²) in [6.45, 7) is 6.97. The van der Waals surface area contributed by atoms with Gasteiger partial charge in [0.15, 0.2) is 5.65 Å². The van der Waals surface area contributed by atoms with Gasteiger partial charge < -0.3 is 10.5 Å². The average Bonchev–Trinajstić information content (AvgIpc) is 2.88. The van der Waals surface area contributed by atoms with E-state index in [0.717, 1.165) is 47.1 Å². The smallest absolute Gasteiger partial charge is 0.161 e. The fraction of sp³-hybridized carbons (Fsp3) is 0.278. The topological polar surface area (TPSA) is 52.5 Å². The van der Waals surface area contributed by atoms with Crippen molar-refractivity contribution in [2.75, 3.05) is 12.3 Å². The summed E-state index contributed by atoms with van der Waals surface area (Å²) in [6, 6.07) is 12.0. The lowest BCUT2D eigenvalue weighted by molar-refractivity contribution is 0.317. The number of fused-ring (bicyclic) bond motifs is 1. The summed E-state index contributed by atoms with van der Waals surface area (Å²) in [4.78, 5) is 4.73. The number of pyridine rings is 1. The van der Waals surface area contributed by atoms with E-state index in [1.807, 2.05) is 36.4 Å². The number of nitrogen functional groups attached to an aromatic ring is 1. The second-order valence-corrected chi connectivity index (χ2v) is 5.51.